The second-order valence-electron chi connectivity index (χ2n) is 4.14. The number of fused-ring (bicyclic) bond motifs is 1. The molecule has 0 radical (unpaired) electrons. The Balaban J connectivity index is 1.79. The van der Waals surface area contributed by atoms with E-state index in [2.05, 4.69) is 20.9 Å². The maximum atomic E-state index is 13.7. The predicted molar refractivity (Wildman–Crippen MR) is 76.4 cm³/mol. The van der Waals surface area contributed by atoms with Crippen LogP contribution in [0.4, 0.5) is 8.78 Å². The number of imidazole rings is 1. The Hall–Kier alpha value is -1.47. The zero-order valence-corrected chi connectivity index (χ0v) is 12.5. The van der Waals surface area contributed by atoms with Crippen LogP contribution in [-0.2, 0) is 11.9 Å². The van der Waals surface area contributed by atoms with Crippen LogP contribution in [0.5, 0.6) is 5.75 Å². The lowest BCUT2D eigenvalue weighted by atomic mass is 10.2. The summed E-state index contributed by atoms with van der Waals surface area (Å²) < 4.78 is 34.5. The van der Waals surface area contributed by atoms with Gasteiger partial charge in [0.1, 0.15) is 6.61 Å². The first-order valence-electron chi connectivity index (χ1n) is 5.75. The zero-order chi connectivity index (χ0) is 14.1. The van der Waals surface area contributed by atoms with Crippen LogP contribution in [0.2, 0.25) is 0 Å². The fourth-order valence-corrected chi connectivity index (χ4v) is 2.86. The van der Waals surface area contributed by atoms with Crippen molar-refractivity contribution in [3.63, 3.8) is 0 Å². The van der Waals surface area contributed by atoms with E-state index >= 15 is 0 Å². The van der Waals surface area contributed by atoms with Gasteiger partial charge < -0.3 is 4.74 Å². The van der Waals surface area contributed by atoms with E-state index in [-0.39, 0.29) is 12.4 Å². The van der Waals surface area contributed by atoms with Gasteiger partial charge >= 0.3 is 0 Å². The number of nitrogens with zero attached hydrogens (tertiary/aromatic N) is 2. The summed E-state index contributed by atoms with van der Waals surface area (Å²) in [6.45, 7) is 0.0237. The summed E-state index contributed by atoms with van der Waals surface area (Å²) in [5.41, 5.74) is 1.15. The van der Waals surface area contributed by atoms with Gasteiger partial charge in [0.15, 0.2) is 22.3 Å². The van der Waals surface area contributed by atoms with E-state index in [1.54, 1.807) is 6.20 Å². The molecule has 0 spiro atoms. The van der Waals surface area contributed by atoms with Crippen molar-refractivity contribution in [2.24, 2.45) is 0 Å². The maximum Gasteiger partial charge on any atom is 0.193 e. The van der Waals surface area contributed by atoms with E-state index in [9.17, 15) is 8.78 Å². The fraction of sp³-hybridized carbons (Fsp3) is 0.154. The van der Waals surface area contributed by atoms with Crippen molar-refractivity contribution >= 4 is 32.2 Å². The average molecular weight is 359 g/mol. The van der Waals surface area contributed by atoms with Gasteiger partial charge in [-0.15, -0.1) is 11.3 Å². The normalized spacial score (nSPS) is 11.2. The van der Waals surface area contributed by atoms with Crippen LogP contribution in [0.15, 0.2) is 29.9 Å². The number of hydrogen-bond donors (Lipinski definition) is 0. The van der Waals surface area contributed by atoms with Crippen molar-refractivity contribution in [2.45, 2.75) is 11.9 Å². The highest BCUT2D eigenvalue weighted by atomic mass is 79.9. The summed E-state index contributed by atoms with van der Waals surface area (Å²) in [4.78, 5) is 5.10. The molecule has 0 aliphatic rings. The molecule has 3 nitrogen and oxygen atoms in total. The molecule has 0 saturated carbocycles. The molecule has 0 amide bonds. The Kier molecular flexibility index (Phi) is 3.71. The number of hydrogen-bond acceptors (Lipinski definition) is 3. The van der Waals surface area contributed by atoms with Gasteiger partial charge in [0.25, 0.3) is 0 Å². The van der Waals surface area contributed by atoms with Crippen molar-refractivity contribution in [2.75, 3.05) is 0 Å². The first kappa shape index (κ1) is 13.5. The molecule has 0 unspecified atom stereocenters. The van der Waals surface area contributed by atoms with Crippen LogP contribution in [0.1, 0.15) is 11.3 Å². The molecule has 3 aromatic rings. The minimum Gasteiger partial charge on any atom is -0.481 e. The van der Waals surface area contributed by atoms with Crippen LogP contribution in [0.3, 0.4) is 0 Å². The lowest BCUT2D eigenvalue weighted by Gasteiger charge is -2.08. The minimum absolute atomic E-state index is 0.0237. The summed E-state index contributed by atoms with van der Waals surface area (Å²) in [5, 5.41) is 2.30. The Labute approximate surface area is 126 Å². The number of aromatic nitrogens is 2. The largest absolute Gasteiger partial charge is 0.481 e. The van der Waals surface area contributed by atoms with Gasteiger partial charge in [-0.1, -0.05) is 15.9 Å². The molecule has 0 aliphatic heterocycles. The van der Waals surface area contributed by atoms with Gasteiger partial charge in [-0.2, -0.15) is 0 Å². The van der Waals surface area contributed by atoms with Crippen LogP contribution in [-0.4, -0.2) is 9.38 Å². The highest BCUT2D eigenvalue weighted by Crippen LogP contribution is 2.25. The molecule has 7 heteroatoms. The van der Waals surface area contributed by atoms with Gasteiger partial charge in [0, 0.05) is 23.1 Å². The van der Waals surface area contributed by atoms with E-state index in [0.717, 1.165) is 4.96 Å². The lowest BCUT2D eigenvalue weighted by Crippen LogP contribution is -2.01. The fourth-order valence-electron chi connectivity index (χ4n) is 1.82. The molecule has 0 bridgehead atoms. The van der Waals surface area contributed by atoms with Crippen molar-refractivity contribution < 1.29 is 13.5 Å². The van der Waals surface area contributed by atoms with Gasteiger partial charge in [-0.3, -0.25) is 4.40 Å². The second-order valence-corrected chi connectivity index (χ2v) is 5.57. The smallest absolute Gasteiger partial charge is 0.193 e. The standard InChI is InChI=1S/C13H9BrF2N2OS/c14-5-8-3-10(15)12(11(16)4-8)19-7-9-6-18-1-2-20-13(18)17-9/h1-4,6H,5,7H2. The van der Waals surface area contributed by atoms with Gasteiger partial charge in [0.2, 0.25) is 0 Å². The summed E-state index contributed by atoms with van der Waals surface area (Å²) in [6, 6.07) is 2.50. The van der Waals surface area contributed by atoms with E-state index in [1.165, 1.54) is 23.5 Å². The van der Waals surface area contributed by atoms with E-state index in [1.807, 2.05) is 16.0 Å². The summed E-state index contributed by atoms with van der Waals surface area (Å²) >= 11 is 4.64. The van der Waals surface area contributed by atoms with Gasteiger partial charge in [-0.05, 0) is 17.7 Å². The highest BCUT2D eigenvalue weighted by molar-refractivity contribution is 9.08. The van der Waals surface area contributed by atoms with Gasteiger partial charge in [0.05, 0.1) is 5.69 Å². The van der Waals surface area contributed by atoms with Crippen molar-refractivity contribution in [3.8, 4) is 5.75 Å². The quantitative estimate of drug-likeness (QED) is 0.655. The molecule has 1 aromatic carbocycles. The minimum atomic E-state index is -0.708. The first-order chi connectivity index (χ1) is 9.67. The maximum absolute atomic E-state index is 13.7. The molecular weight excluding hydrogens is 350 g/mol. The third-order valence-corrected chi connectivity index (χ3v) is 4.14. The lowest BCUT2D eigenvalue weighted by molar-refractivity contribution is 0.270. The monoisotopic (exact) mass is 358 g/mol. The molecule has 104 valence electrons. The molecule has 0 fully saturated rings. The Morgan fingerprint density at radius 3 is 2.70 bits per heavy atom. The van der Waals surface area contributed by atoms with Crippen molar-refractivity contribution in [3.05, 3.63) is 52.8 Å². The third kappa shape index (κ3) is 2.55. The number of halogens is 3. The first-order valence-corrected chi connectivity index (χ1v) is 7.75. The SMILES string of the molecule is Fc1cc(CBr)cc(F)c1OCc1cn2ccsc2n1. The summed E-state index contributed by atoms with van der Waals surface area (Å²) in [5.74, 6) is -1.79. The number of benzene rings is 1. The molecular formula is C13H9BrF2N2OS. The number of thiazole rings is 1. The van der Waals surface area contributed by atoms with Crippen LogP contribution >= 0.6 is 27.3 Å². The van der Waals surface area contributed by atoms with Crippen molar-refractivity contribution in [1.29, 1.82) is 0 Å². The number of alkyl halides is 1. The van der Waals surface area contributed by atoms with E-state index in [0.29, 0.717) is 16.6 Å². The molecule has 0 saturated heterocycles. The van der Waals surface area contributed by atoms with Crippen LogP contribution in [0, 0.1) is 11.6 Å². The van der Waals surface area contributed by atoms with Crippen LogP contribution in [0.25, 0.3) is 4.96 Å². The second kappa shape index (κ2) is 5.49. The van der Waals surface area contributed by atoms with E-state index < -0.39 is 11.6 Å². The topological polar surface area (TPSA) is 26.5 Å². The summed E-state index contributed by atoms with van der Waals surface area (Å²) in [6.07, 6.45) is 3.64. The molecule has 20 heavy (non-hydrogen) atoms. The molecule has 0 aliphatic carbocycles. The predicted octanol–water partition coefficient (Wildman–Crippen LogP) is 4.15. The molecule has 0 atom stereocenters. The Bertz CT molecular complexity index is 704. The number of ether oxygens (including phenoxy) is 1. The molecule has 0 N–H and O–H groups in total. The number of rotatable bonds is 4. The summed E-state index contributed by atoms with van der Waals surface area (Å²) in [7, 11) is 0. The third-order valence-electron chi connectivity index (χ3n) is 2.72. The van der Waals surface area contributed by atoms with Crippen LogP contribution < -0.4 is 4.74 Å². The zero-order valence-electron chi connectivity index (χ0n) is 10.1. The molecule has 2 aromatic heterocycles. The highest BCUT2D eigenvalue weighted by Gasteiger charge is 2.13. The van der Waals surface area contributed by atoms with Gasteiger partial charge in [-0.25, -0.2) is 13.8 Å². The molecule has 2 heterocycles. The Morgan fingerprint density at radius 1 is 1.30 bits per heavy atom. The average Bonchev–Trinajstić information content (AvgIpc) is 2.98. The van der Waals surface area contributed by atoms with Crippen molar-refractivity contribution in [1.82, 2.24) is 9.38 Å². The Morgan fingerprint density at radius 2 is 2.05 bits per heavy atom. The van der Waals surface area contributed by atoms with E-state index in [4.69, 9.17) is 4.74 Å². The molecule has 3 rings (SSSR count).